The summed E-state index contributed by atoms with van der Waals surface area (Å²) in [6.45, 7) is 0.523. The number of nitrogens with zero attached hydrogens (tertiary/aromatic N) is 2. The highest BCUT2D eigenvalue weighted by molar-refractivity contribution is 5.94. The number of fused-ring (bicyclic) bond motifs is 1. The van der Waals surface area contributed by atoms with Gasteiger partial charge in [0.15, 0.2) is 5.69 Å². The molecule has 0 aliphatic heterocycles. The molecule has 0 radical (unpaired) electrons. The number of pyridine rings is 1. The van der Waals surface area contributed by atoms with E-state index in [4.69, 9.17) is 10.8 Å². The number of carboxylic acids is 1. The molecule has 4 N–H and O–H groups in total. The fraction of sp³-hybridized carbons (Fsp3) is 0.273. The minimum absolute atomic E-state index is 0.0188. The summed E-state index contributed by atoms with van der Waals surface area (Å²) < 4.78 is 1.67. The van der Waals surface area contributed by atoms with Gasteiger partial charge in [-0.05, 0) is 19.0 Å². The third-order valence-electron chi connectivity index (χ3n) is 2.51. The Kier molecular flexibility index (Phi) is 2.97. The number of hydrogen-bond acceptors (Lipinski definition) is 4. The zero-order chi connectivity index (χ0) is 12.4. The number of aromatic nitrogens is 2. The van der Waals surface area contributed by atoms with E-state index in [1.807, 2.05) is 0 Å². The summed E-state index contributed by atoms with van der Waals surface area (Å²) in [5.41, 5.74) is 5.76. The molecule has 0 aliphatic rings. The van der Waals surface area contributed by atoms with Crippen molar-refractivity contribution >= 4 is 11.5 Å². The smallest absolute Gasteiger partial charge is 0.356 e. The summed E-state index contributed by atoms with van der Waals surface area (Å²) in [6, 6.07) is 2.88. The van der Waals surface area contributed by atoms with E-state index >= 15 is 0 Å². The molecule has 2 heterocycles. The van der Waals surface area contributed by atoms with Crippen LogP contribution in [0.5, 0.6) is 5.75 Å². The van der Waals surface area contributed by atoms with Crippen LogP contribution in [0.25, 0.3) is 5.52 Å². The molecule has 2 aromatic heterocycles. The molecular weight excluding hydrogens is 222 g/mol. The second kappa shape index (κ2) is 4.42. The number of imidazole rings is 1. The molecule has 0 bridgehead atoms. The van der Waals surface area contributed by atoms with Crippen LogP contribution in [-0.2, 0) is 6.42 Å². The normalized spacial score (nSPS) is 10.9. The van der Waals surface area contributed by atoms with Crippen molar-refractivity contribution in [2.45, 2.75) is 12.8 Å². The van der Waals surface area contributed by atoms with Crippen molar-refractivity contribution in [2.24, 2.45) is 5.73 Å². The predicted molar refractivity (Wildman–Crippen MR) is 61.2 cm³/mol. The average molecular weight is 235 g/mol. The number of carboxylic acid groups (broad SMARTS) is 1. The number of rotatable bonds is 4. The molecule has 0 saturated carbocycles. The lowest BCUT2D eigenvalue weighted by Crippen LogP contribution is -2.03. The van der Waals surface area contributed by atoms with Crippen LogP contribution >= 0.6 is 0 Å². The molecule has 0 unspecified atom stereocenters. The maximum absolute atomic E-state index is 11.0. The van der Waals surface area contributed by atoms with Gasteiger partial charge in [0, 0.05) is 18.7 Å². The summed E-state index contributed by atoms with van der Waals surface area (Å²) in [5, 5.41) is 18.4. The van der Waals surface area contributed by atoms with Crippen LogP contribution in [0.3, 0.4) is 0 Å². The van der Waals surface area contributed by atoms with Gasteiger partial charge in [0.05, 0.1) is 5.52 Å². The molecule has 0 amide bonds. The maximum atomic E-state index is 11.0. The first kappa shape index (κ1) is 11.4. The Labute approximate surface area is 97.3 Å². The molecule has 6 nitrogen and oxygen atoms in total. The Morgan fingerprint density at radius 3 is 2.94 bits per heavy atom. The molecule has 2 aromatic rings. The molecule has 17 heavy (non-hydrogen) atoms. The van der Waals surface area contributed by atoms with Crippen LogP contribution in [0.4, 0.5) is 0 Å². The highest BCUT2D eigenvalue weighted by Crippen LogP contribution is 2.19. The zero-order valence-corrected chi connectivity index (χ0v) is 9.13. The largest absolute Gasteiger partial charge is 0.508 e. The molecule has 0 atom stereocenters. The average Bonchev–Trinajstić information content (AvgIpc) is 2.64. The molecular formula is C11H13N3O3. The second-order valence-corrected chi connectivity index (χ2v) is 3.71. The highest BCUT2D eigenvalue weighted by atomic mass is 16.4. The monoisotopic (exact) mass is 235 g/mol. The van der Waals surface area contributed by atoms with Crippen molar-refractivity contribution in [1.82, 2.24) is 9.38 Å². The van der Waals surface area contributed by atoms with Gasteiger partial charge in [0.2, 0.25) is 0 Å². The van der Waals surface area contributed by atoms with Crippen molar-refractivity contribution in [2.75, 3.05) is 6.54 Å². The van der Waals surface area contributed by atoms with E-state index in [0.29, 0.717) is 24.3 Å². The first-order chi connectivity index (χ1) is 8.13. The van der Waals surface area contributed by atoms with Gasteiger partial charge in [-0.2, -0.15) is 0 Å². The number of aromatic carboxylic acids is 1. The predicted octanol–water partition coefficient (Wildman–Crippen LogP) is 0.629. The Balaban J connectivity index is 2.58. The van der Waals surface area contributed by atoms with Gasteiger partial charge in [-0.1, -0.05) is 0 Å². The number of carbonyl (C=O) groups is 1. The van der Waals surface area contributed by atoms with Gasteiger partial charge >= 0.3 is 5.97 Å². The van der Waals surface area contributed by atoms with E-state index in [2.05, 4.69) is 4.98 Å². The van der Waals surface area contributed by atoms with Gasteiger partial charge in [-0.25, -0.2) is 9.78 Å². The lowest BCUT2D eigenvalue weighted by atomic mass is 10.3. The minimum Gasteiger partial charge on any atom is -0.508 e. The zero-order valence-electron chi connectivity index (χ0n) is 9.13. The van der Waals surface area contributed by atoms with Crippen molar-refractivity contribution < 1.29 is 15.0 Å². The number of aromatic hydroxyl groups is 1. The van der Waals surface area contributed by atoms with Gasteiger partial charge in [0.25, 0.3) is 0 Å². The molecule has 0 aliphatic carbocycles. The van der Waals surface area contributed by atoms with Crippen LogP contribution in [0.2, 0.25) is 0 Å². The van der Waals surface area contributed by atoms with E-state index in [1.165, 1.54) is 12.1 Å². The van der Waals surface area contributed by atoms with Crippen LogP contribution in [0.1, 0.15) is 22.7 Å². The van der Waals surface area contributed by atoms with E-state index in [0.717, 1.165) is 6.42 Å². The topological polar surface area (TPSA) is 101 Å². The first-order valence-electron chi connectivity index (χ1n) is 5.27. The molecule has 0 saturated heterocycles. The van der Waals surface area contributed by atoms with Gasteiger partial charge in [-0.15, -0.1) is 0 Å². The SMILES string of the molecule is NCCCc1nc(C(=O)O)c2cc(O)ccn12. The Morgan fingerprint density at radius 1 is 1.53 bits per heavy atom. The van der Waals surface area contributed by atoms with E-state index in [-0.39, 0.29) is 11.4 Å². The number of nitrogens with two attached hydrogens (primary N) is 1. The summed E-state index contributed by atoms with van der Waals surface area (Å²) in [7, 11) is 0. The minimum atomic E-state index is -1.10. The van der Waals surface area contributed by atoms with Crippen LogP contribution in [-0.4, -0.2) is 32.1 Å². The lowest BCUT2D eigenvalue weighted by molar-refractivity contribution is 0.0693. The van der Waals surface area contributed by atoms with Crippen molar-refractivity contribution in [1.29, 1.82) is 0 Å². The standard InChI is InChI=1S/C11H13N3O3/c12-4-1-2-9-13-10(11(16)17)8-6-7(15)3-5-14(8)9/h3,5-6,15H,1-2,4,12H2,(H,16,17). The van der Waals surface area contributed by atoms with Gasteiger partial charge in [-0.3, -0.25) is 0 Å². The molecule has 6 heteroatoms. The fourth-order valence-electron chi connectivity index (χ4n) is 1.73. The van der Waals surface area contributed by atoms with Crippen molar-refractivity contribution in [3.05, 3.63) is 29.8 Å². The van der Waals surface area contributed by atoms with Gasteiger partial charge < -0.3 is 20.3 Å². The van der Waals surface area contributed by atoms with E-state index in [1.54, 1.807) is 10.6 Å². The highest BCUT2D eigenvalue weighted by Gasteiger charge is 2.16. The van der Waals surface area contributed by atoms with Crippen LogP contribution < -0.4 is 5.73 Å². The van der Waals surface area contributed by atoms with Crippen molar-refractivity contribution in [3.8, 4) is 5.75 Å². The summed E-state index contributed by atoms with van der Waals surface area (Å²) in [5.74, 6) is -0.444. The molecule has 0 fully saturated rings. The van der Waals surface area contributed by atoms with Crippen LogP contribution in [0, 0.1) is 0 Å². The summed E-state index contributed by atoms with van der Waals surface area (Å²) in [6.07, 6.45) is 2.95. The quantitative estimate of drug-likeness (QED) is 0.721. The number of hydrogen-bond donors (Lipinski definition) is 3. The Hall–Kier alpha value is -2.08. The Morgan fingerprint density at radius 2 is 2.29 bits per heavy atom. The second-order valence-electron chi connectivity index (χ2n) is 3.71. The molecule has 0 aromatic carbocycles. The molecule has 2 rings (SSSR count). The molecule has 0 spiro atoms. The first-order valence-corrected chi connectivity index (χ1v) is 5.27. The van der Waals surface area contributed by atoms with E-state index < -0.39 is 5.97 Å². The molecule has 90 valence electrons. The summed E-state index contributed by atoms with van der Waals surface area (Å²) >= 11 is 0. The maximum Gasteiger partial charge on any atom is 0.356 e. The third kappa shape index (κ3) is 2.07. The summed E-state index contributed by atoms with van der Waals surface area (Å²) in [4.78, 5) is 15.1. The number of aryl methyl sites for hydroxylation is 1. The fourth-order valence-corrected chi connectivity index (χ4v) is 1.73. The lowest BCUT2D eigenvalue weighted by Gasteiger charge is -2.00. The van der Waals surface area contributed by atoms with Crippen LogP contribution in [0.15, 0.2) is 18.3 Å². The van der Waals surface area contributed by atoms with Gasteiger partial charge in [0.1, 0.15) is 11.6 Å². The van der Waals surface area contributed by atoms with Crippen molar-refractivity contribution in [3.63, 3.8) is 0 Å². The van der Waals surface area contributed by atoms with E-state index in [9.17, 15) is 9.90 Å². The Bertz CT molecular complexity index is 562. The third-order valence-corrected chi connectivity index (χ3v) is 2.51.